The second-order valence-electron chi connectivity index (χ2n) is 2.82. The van der Waals surface area contributed by atoms with Gasteiger partial charge in [0, 0.05) is 12.6 Å². The Labute approximate surface area is 103 Å². The Hall–Kier alpha value is -1.26. The number of carbonyl (C=O) groups is 1. The van der Waals surface area contributed by atoms with Gasteiger partial charge in [0.25, 0.3) is 5.91 Å². The van der Waals surface area contributed by atoms with Crippen molar-refractivity contribution in [2.75, 3.05) is 13.7 Å². The third-order valence-electron chi connectivity index (χ3n) is 1.73. The maximum absolute atomic E-state index is 10.8. The molecule has 4 nitrogen and oxygen atoms in total. The number of nitrogens with one attached hydrogen (secondary N) is 1. The molecule has 0 aliphatic carbocycles. The summed E-state index contributed by atoms with van der Waals surface area (Å²) in [6.45, 7) is -0.144. The van der Waals surface area contributed by atoms with Gasteiger partial charge >= 0.3 is 0 Å². The van der Waals surface area contributed by atoms with Gasteiger partial charge in [-0.25, -0.2) is 0 Å². The standard InChI is InChI=1S/C10H10Cl2N2O2/c1-13-10(15)6-16-14-5-7-8(11)3-2-4-9(7)12/h2-5H,6H2,1H3,(H,13,15). The van der Waals surface area contributed by atoms with Gasteiger partial charge in [0.15, 0.2) is 6.61 Å². The van der Waals surface area contributed by atoms with Crippen molar-refractivity contribution in [3.05, 3.63) is 33.8 Å². The smallest absolute Gasteiger partial charge is 0.260 e. The van der Waals surface area contributed by atoms with E-state index in [0.29, 0.717) is 15.6 Å². The average molecular weight is 261 g/mol. The molecule has 0 saturated heterocycles. The first-order valence-electron chi connectivity index (χ1n) is 4.45. The Morgan fingerprint density at radius 2 is 2.12 bits per heavy atom. The van der Waals surface area contributed by atoms with E-state index in [9.17, 15) is 4.79 Å². The average Bonchev–Trinajstić information content (AvgIpc) is 2.27. The fourth-order valence-corrected chi connectivity index (χ4v) is 1.39. The summed E-state index contributed by atoms with van der Waals surface area (Å²) in [5, 5.41) is 6.94. The van der Waals surface area contributed by atoms with Crippen molar-refractivity contribution in [3.8, 4) is 0 Å². The molecule has 0 spiro atoms. The van der Waals surface area contributed by atoms with Gasteiger partial charge in [-0.3, -0.25) is 4.79 Å². The molecular weight excluding hydrogens is 251 g/mol. The molecule has 86 valence electrons. The number of carbonyl (C=O) groups excluding carboxylic acids is 1. The highest BCUT2D eigenvalue weighted by Crippen LogP contribution is 2.22. The predicted octanol–water partition coefficient (Wildman–Crippen LogP) is 2.09. The van der Waals surface area contributed by atoms with E-state index >= 15 is 0 Å². The van der Waals surface area contributed by atoms with Crippen LogP contribution in [0, 0.1) is 0 Å². The van der Waals surface area contributed by atoms with Crippen LogP contribution in [0.2, 0.25) is 10.0 Å². The van der Waals surface area contributed by atoms with Crippen molar-refractivity contribution in [2.24, 2.45) is 5.16 Å². The van der Waals surface area contributed by atoms with Gasteiger partial charge in [0.2, 0.25) is 0 Å². The van der Waals surface area contributed by atoms with Crippen LogP contribution in [0.1, 0.15) is 5.56 Å². The first-order valence-corrected chi connectivity index (χ1v) is 5.20. The minimum atomic E-state index is -0.262. The van der Waals surface area contributed by atoms with E-state index in [4.69, 9.17) is 28.0 Å². The first kappa shape index (κ1) is 12.8. The second-order valence-corrected chi connectivity index (χ2v) is 3.63. The van der Waals surface area contributed by atoms with E-state index in [1.165, 1.54) is 13.3 Å². The zero-order chi connectivity index (χ0) is 12.0. The van der Waals surface area contributed by atoms with E-state index in [0.717, 1.165) is 0 Å². The molecule has 0 heterocycles. The lowest BCUT2D eigenvalue weighted by Gasteiger charge is -2.00. The SMILES string of the molecule is CNC(=O)CON=Cc1c(Cl)cccc1Cl. The lowest BCUT2D eigenvalue weighted by Crippen LogP contribution is -2.22. The van der Waals surface area contributed by atoms with E-state index in [1.54, 1.807) is 18.2 Å². The van der Waals surface area contributed by atoms with Gasteiger partial charge in [-0.1, -0.05) is 34.4 Å². The molecule has 0 radical (unpaired) electrons. The van der Waals surface area contributed by atoms with Crippen LogP contribution in [0.4, 0.5) is 0 Å². The van der Waals surface area contributed by atoms with Crippen molar-refractivity contribution in [1.29, 1.82) is 0 Å². The number of halogens is 2. The largest absolute Gasteiger partial charge is 0.386 e. The quantitative estimate of drug-likeness (QED) is 0.666. The van der Waals surface area contributed by atoms with Crippen LogP contribution < -0.4 is 5.32 Å². The summed E-state index contributed by atoms with van der Waals surface area (Å²) in [6.07, 6.45) is 1.37. The Kier molecular flexibility index (Phi) is 5.08. The zero-order valence-electron chi connectivity index (χ0n) is 8.54. The Morgan fingerprint density at radius 1 is 1.50 bits per heavy atom. The molecule has 0 bridgehead atoms. The third-order valence-corrected chi connectivity index (χ3v) is 2.39. The fraction of sp³-hybridized carbons (Fsp3) is 0.200. The number of likely N-dealkylation sites (N-methyl/N-ethyl adjacent to an activating group) is 1. The lowest BCUT2D eigenvalue weighted by molar-refractivity contribution is -0.125. The molecule has 0 aromatic heterocycles. The molecule has 1 N–H and O–H groups in total. The highest BCUT2D eigenvalue weighted by Gasteiger charge is 2.02. The van der Waals surface area contributed by atoms with E-state index in [-0.39, 0.29) is 12.5 Å². The summed E-state index contributed by atoms with van der Waals surface area (Å²) in [4.78, 5) is 15.5. The number of hydrogen-bond acceptors (Lipinski definition) is 3. The van der Waals surface area contributed by atoms with E-state index < -0.39 is 0 Å². The van der Waals surface area contributed by atoms with Crippen LogP contribution in [0.3, 0.4) is 0 Å². The second kappa shape index (κ2) is 6.35. The predicted molar refractivity (Wildman–Crippen MR) is 64.1 cm³/mol. The minimum absolute atomic E-state index is 0.144. The molecule has 0 aliphatic rings. The monoisotopic (exact) mass is 260 g/mol. The molecule has 0 unspecified atom stereocenters. The molecule has 1 aromatic rings. The van der Waals surface area contributed by atoms with Gasteiger partial charge in [-0.2, -0.15) is 0 Å². The van der Waals surface area contributed by atoms with Gasteiger partial charge < -0.3 is 10.2 Å². The molecule has 16 heavy (non-hydrogen) atoms. The maximum Gasteiger partial charge on any atom is 0.260 e. The molecule has 6 heteroatoms. The Balaban J connectivity index is 2.59. The summed E-state index contributed by atoms with van der Waals surface area (Å²) >= 11 is 11.8. The molecule has 1 aromatic carbocycles. The van der Waals surface area contributed by atoms with Crippen molar-refractivity contribution >= 4 is 35.3 Å². The van der Waals surface area contributed by atoms with Crippen molar-refractivity contribution in [2.45, 2.75) is 0 Å². The molecule has 1 rings (SSSR count). The third kappa shape index (κ3) is 3.72. The summed E-state index contributed by atoms with van der Waals surface area (Å²) in [5.74, 6) is -0.262. The highest BCUT2D eigenvalue weighted by atomic mass is 35.5. The number of hydrogen-bond donors (Lipinski definition) is 1. The van der Waals surface area contributed by atoms with Gasteiger partial charge in [0.1, 0.15) is 0 Å². The molecule has 0 aliphatic heterocycles. The van der Waals surface area contributed by atoms with Crippen LogP contribution in [0.5, 0.6) is 0 Å². The zero-order valence-corrected chi connectivity index (χ0v) is 10.0. The van der Waals surface area contributed by atoms with Crippen LogP contribution in [-0.2, 0) is 9.63 Å². The number of nitrogens with zero attached hydrogens (tertiary/aromatic N) is 1. The van der Waals surface area contributed by atoms with Crippen molar-refractivity contribution in [3.63, 3.8) is 0 Å². The minimum Gasteiger partial charge on any atom is -0.386 e. The Morgan fingerprint density at radius 3 is 2.69 bits per heavy atom. The topological polar surface area (TPSA) is 50.7 Å². The van der Waals surface area contributed by atoms with Crippen LogP contribution >= 0.6 is 23.2 Å². The van der Waals surface area contributed by atoms with Crippen LogP contribution in [-0.4, -0.2) is 25.8 Å². The van der Waals surface area contributed by atoms with E-state index in [1.807, 2.05) is 0 Å². The molecule has 1 amide bonds. The summed E-state index contributed by atoms with van der Waals surface area (Å²) < 4.78 is 0. The van der Waals surface area contributed by atoms with Crippen LogP contribution in [0.25, 0.3) is 0 Å². The van der Waals surface area contributed by atoms with Gasteiger partial charge in [-0.15, -0.1) is 0 Å². The molecule has 0 fully saturated rings. The lowest BCUT2D eigenvalue weighted by atomic mass is 10.2. The maximum atomic E-state index is 10.8. The van der Waals surface area contributed by atoms with Gasteiger partial charge in [0.05, 0.1) is 16.3 Å². The summed E-state index contributed by atoms with van der Waals surface area (Å²) in [7, 11) is 1.51. The number of amides is 1. The van der Waals surface area contributed by atoms with E-state index in [2.05, 4.69) is 10.5 Å². The van der Waals surface area contributed by atoms with Gasteiger partial charge in [-0.05, 0) is 12.1 Å². The molecular formula is C10H10Cl2N2O2. The highest BCUT2D eigenvalue weighted by molar-refractivity contribution is 6.38. The van der Waals surface area contributed by atoms with Crippen molar-refractivity contribution in [1.82, 2.24) is 5.32 Å². The Bertz CT molecular complexity index is 388. The number of benzene rings is 1. The number of oxime groups is 1. The first-order chi connectivity index (χ1) is 7.65. The molecule has 0 saturated carbocycles. The molecule has 0 atom stereocenters. The fourth-order valence-electron chi connectivity index (χ4n) is 0.892. The van der Waals surface area contributed by atoms with Crippen LogP contribution in [0.15, 0.2) is 23.4 Å². The van der Waals surface area contributed by atoms with Crippen molar-refractivity contribution < 1.29 is 9.63 Å². The summed E-state index contributed by atoms with van der Waals surface area (Å²) in [6, 6.07) is 5.11. The summed E-state index contributed by atoms with van der Waals surface area (Å²) in [5.41, 5.74) is 0.558. The number of rotatable bonds is 4. The normalized spacial score (nSPS) is 10.4.